The van der Waals surface area contributed by atoms with Gasteiger partial charge < -0.3 is 20.6 Å². The molecule has 8 nitrogen and oxygen atoms in total. The van der Waals surface area contributed by atoms with Crippen LogP contribution in [0, 0.1) is 0 Å². The van der Waals surface area contributed by atoms with Crippen LogP contribution in [-0.4, -0.2) is 80.0 Å². The summed E-state index contributed by atoms with van der Waals surface area (Å²) in [4.78, 5) is 11.1. The number of nitrogens with zero attached hydrogens (tertiary/aromatic N) is 3. The molecule has 1 atom stereocenters. The maximum atomic E-state index is 12.1. The third kappa shape index (κ3) is 4.70. The molecule has 2 aliphatic rings. The Balaban J connectivity index is 1.78. The van der Waals surface area contributed by atoms with E-state index < -0.39 is 15.4 Å². The molecule has 3 N–H and O–H groups in total. The molecule has 2 saturated heterocycles. The highest BCUT2D eigenvalue weighted by atomic mass is 32.2. The molecule has 3 heterocycles. The number of piperidine rings is 2. The van der Waals surface area contributed by atoms with Crippen LogP contribution in [0.25, 0.3) is 0 Å². The first-order valence-corrected chi connectivity index (χ1v) is 11.1. The smallest absolute Gasteiger partial charge is 0.223 e. The Kier molecular flexibility index (Phi) is 5.81. The van der Waals surface area contributed by atoms with E-state index in [0.29, 0.717) is 31.0 Å². The number of rotatable bonds is 5. The number of anilines is 1. The van der Waals surface area contributed by atoms with Gasteiger partial charge in [0.05, 0.1) is 17.5 Å². The van der Waals surface area contributed by atoms with Crippen molar-refractivity contribution in [3.8, 4) is 0 Å². The summed E-state index contributed by atoms with van der Waals surface area (Å²) in [6, 6.07) is 0. The summed E-state index contributed by atoms with van der Waals surface area (Å²) in [7, 11) is -1.34. The number of hydrogen-bond acceptors (Lipinski definition) is 8. The highest BCUT2D eigenvalue weighted by Crippen LogP contribution is 2.28. The summed E-state index contributed by atoms with van der Waals surface area (Å²) < 4.78 is 24.3. The maximum Gasteiger partial charge on any atom is 0.223 e. The second-order valence-electron chi connectivity index (χ2n) is 7.64. The largest absolute Gasteiger partial charge is 0.388 e. The van der Waals surface area contributed by atoms with E-state index in [-0.39, 0.29) is 10.8 Å². The minimum atomic E-state index is -3.39. The number of aromatic nitrogens is 2. The van der Waals surface area contributed by atoms with Crippen molar-refractivity contribution in [2.24, 2.45) is 0 Å². The molecule has 0 saturated carbocycles. The Bertz CT molecular complexity index is 726. The minimum absolute atomic E-state index is 0.0587. The van der Waals surface area contributed by atoms with Crippen molar-refractivity contribution in [3.63, 3.8) is 0 Å². The third-order valence-corrected chi connectivity index (χ3v) is 6.47. The molecule has 0 spiro atoms. The van der Waals surface area contributed by atoms with E-state index in [0.717, 1.165) is 39.0 Å². The van der Waals surface area contributed by atoms with Crippen LogP contribution in [0.4, 0.5) is 5.95 Å². The highest BCUT2D eigenvalue weighted by molar-refractivity contribution is 7.90. The van der Waals surface area contributed by atoms with E-state index in [4.69, 9.17) is 0 Å². The maximum absolute atomic E-state index is 12.1. The fourth-order valence-corrected chi connectivity index (χ4v) is 4.42. The van der Waals surface area contributed by atoms with Gasteiger partial charge in [0.2, 0.25) is 5.95 Å². The van der Waals surface area contributed by atoms with Crippen molar-refractivity contribution < 1.29 is 13.5 Å². The molecule has 146 valence electrons. The Morgan fingerprint density at radius 2 is 2.15 bits per heavy atom. The van der Waals surface area contributed by atoms with Gasteiger partial charge in [-0.2, -0.15) is 0 Å². The summed E-state index contributed by atoms with van der Waals surface area (Å²) in [5, 5.41) is 17.1. The molecule has 1 aromatic rings. The molecule has 0 bridgehead atoms. The molecule has 1 aromatic heterocycles. The normalized spacial score (nSPS) is 24.3. The molecule has 2 aliphatic heterocycles. The predicted octanol–water partition coefficient (Wildman–Crippen LogP) is 0.216. The molecule has 0 unspecified atom stereocenters. The lowest BCUT2D eigenvalue weighted by molar-refractivity contribution is -0.00416. The van der Waals surface area contributed by atoms with Crippen LogP contribution in [0.1, 0.15) is 37.3 Å². The van der Waals surface area contributed by atoms with Gasteiger partial charge in [0.15, 0.2) is 9.84 Å². The van der Waals surface area contributed by atoms with Crippen molar-refractivity contribution in [3.05, 3.63) is 11.9 Å². The monoisotopic (exact) mass is 383 g/mol. The van der Waals surface area contributed by atoms with Gasteiger partial charge in [-0.25, -0.2) is 18.4 Å². The van der Waals surface area contributed by atoms with Crippen molar-refractivity contribution in [1.82, 2.24) is 20.2 Å². The first-order chi connectivity index (χ1) is 12.3. The van der Waals surface area contributed by atoms with E-state index in [1.165, 1.54) is 12.5 Å². The first-order valence-electron chi connectivity index (χ1n) is 9.19. The van der Waals surface area contributed by atoms with Crippen LogP contribution in [0.3, 0.4) is 0 Å². The predicted molar refractivity (Wildman–Crippen MR) is 100 cm³/mol. The van der Waals surface area contributed by atoms with E-state index in [1.807, 2.05) is 7.05 Å². The zero-order valence-electron chi connectivity index (χ0n) is 15.5. The SMILES string of the molecule is CN1CCC(O)(CNc2ncc(S(C)(=O)=O)c([C@H]3CCCNC3)n2)CC1. The van der Waals surface area contributed by atoms with Gasteiger partial charge in [0, 0.05) is 38.4 Å². The zero-order chi connectivity index (χ0) is 18.8. The van der Waals surface area contributed by atoms with Crippen LogP contribution in [-0.2, 0) is 9.84 Å². The average molecular weight is 384 g/mol. The topological polar surface area (TPSA) is 107 Å². The van der Waals surface area contributed by atoms with Crippen LogP contribution in [0.5, 0.6) is 0 Å². The highest BCUT2D eigenvalue weighted by Gasteiger charge is 2.31. The summed E-state index contributed by atoms with van der Waals surface area (Å²) in [6.07, 6.45) is 5.87. The van der Waals surface area contributed by atoms with Crippen molar-refractivity contribution in [2.75, 3.05) is 51.3 Å². The average Bonchev–Trinajstić information content (AvgIpc) is 2.63. The molecule has 0 radical (unpaired) electrons. The molecule has 2 fully saturated rings. The third-order valence-electron chi connectivity index (χ3n) is 5.36. The number of sulfone groups is 1. The van der Waals surface area contributed by atoms with Crippen LogP contribution in [0.2, 0.25) is 0 Å². The van der Waals surface area contributed by atoms with Gasteiger partial charge >= 0.3 is 0 Å². The van der Waals surface area contributed by atoms with Gasteiger partial charge in [0.1, 0.15) is 4.90 Å². The fourth-order valence-electron chi connectivity index (χ4n) is 3.59. The van der Waals surface area contributed by atoms with E-state index in [2.05, 4.69) is 25.5 Å². The quantitative estimate of drug-likeness (QED) is 0.663. The van der Waals surface area contributed by atoms with Crippen molar-refractivity contribution in [1.29, 1.82) is 0 Å². The van der Waals surface area contributed by atoms with Gasteiger partial charge in [-0.3, -0.25) is 0 Å². The van der Waals surface area contributed by atoms with Crippen LogP contribution < -0.4 is 10.6 Å². The Hall–Kier alpha value is -1.29. The lowest BCUT2D eigenvalue weighted by atomic mass is 9.92. The number of hydrogen-bond donors (Lipinski definition) is 3. The van der Waals surface area contributed by atoms with Crippen molar-refractivity contribution in [2.45, 2.75) is 42.1 Å². The molecule has 0 aliphatic carbocycles. The summed E-state index contributed by atoms with van der Waals surface area (Å²) in [6.45, 7) is 3.73. The lowest BCUT2D eigenvalue weighted by Gasteiger charge is -2.36. The van der Waals surface area contributed by atoms with E-state index in [1.54, 1.807) is 0 Å². The van der Waals surface area contributed by atoms with E-state index in [9.17, 15) is 13.5 Å². The fraction of sp³-hybridized carbons (Fsp3) is 0.765. The molecule has 26 heavy (non-hydrogen) atoms. The van der Waals surface area contributed by atoms with Crippen LogP contribution >= 0.6 is 0 Å². The Morgan fingerprint density at radius 3 is 2.77 bits per heavy atom. The second-order valence-corrected chi connectivity index (χ2v) is 9.62. The zero-order valence-corrected chi connectivity index (χ0v) is 16.3. The van der Waals surface area contributed by atoms with Gasteiger partial charge in [0.25, 0.3) is 0 Å². The summed E-state index contributed by atoms with van der Waals surface area (Å²) >= 11 is 0. The van der Waals surface area contributed by atoms with Crippen LogP contribution in [0.15, 0.2) is 11.1 Å². The number of likely N-dealkylation sites (tertiary alicyclic amines) is 1. The molecular weight excluding hydrogens is 354 g/mol. The Morgan fingerprint density at radius 1 is 1.42 bits per heavy atom. The Labute approximate surface area is 155 Å². The van der Waals surface area contributed by atoms with Crippen molar-refractivity contribution >= 4 is 15.8 Å². The minimum Gasteiger partial charge on any atom is -0.388 e. The molecular formula is C17H29N5O3S. The van der Waals surface area contributed by atoms with Gasteiger partial charge in [-0.05, 0) is 39.3 Å². The number of aliphatic hydroxyl groups is 1. The summed E-state index contributed by atoms with van der Waals surface area (Å²) in [5.41, 5.74) is -0.203. The van der Waals surface area contributed by atoms with E-state index >= 15 is 0 Å². The number of nitrogens with one attached hydrogen (secondary N) is 2. The molecule has 9 heteroatoms. The molecule has 3 rings (SSSR count). The standard InChI is InChI=1S/C17H29N5O3S/c1-22-8-5-17(23,6-9-22)12-20-16-19-11-14(26(2,24)25)15(21-16)13-4-3-7-18-10-13/h11,13,18,23H,3-10,12H2,1-2H3,(H,19,20,21)/t13-/m0/s1. The molecule has 0 amide bonds. The lowest BCUT2D eigenvalue weighted by Crippen LogP contribution is -2.47. The van der Waals surface area contributed by atoms with Gasteiger partial charge in [-0.1, -0.05) is 0 Å². The second kappa shape index (κ2) is 7.75. The first kappa shape index (κ1) is 19.5. The summed E-state index contributed by atoms with van der Waals surface area (Å²) in [5.74, 6) is 0.439. The molecule has 0 aromatic carbocycles. The van der Waals surface area contributed by atoms with Gasteiger partial charge in [-0.15, -0.1) is 0 Å².